The third-order valence-electron chi connectivity index (χ3n) is 3.64. The summed E-state index contributed by atoms with van der Waals surface area (Å²) in [4.78, 5) is 18.2. The largest absolute Gasteiger partial charge is 0.497 e. The van der Waals surface area contributed by atoms with Crippen molar-refractivity contribution in [2.24, 2.45) is 0 Å². The highest BCUT2D eigenvalue weighted by atomic mass is 32.2. The first kappa shape index (κ1) is 18.5. The lowest BCUT2D eigenvalue weighted by Crippen LogP contribution is -2.42. The maximum Gasteiger partial charge on any atom is 0.284 e. The van der Waals surface area contributed by atoms with Crippen molar-refractivity contribution in [3.63, 3.8) is 0 Å². The predicted molar refractivity (Wildman–Crippen MR) is 94.3 cm³/mol. The van der Waals surface area contributed by atoms with Crippen LogP contribution in [0.3, 0.4) is 0 Å². The number of imidazole rings is 1. The van der Waals surface area contributed by atoms with Crippen LogP contribution in [0.2, 0.25) is 0 Å². The highest BCUT2D eigenvalue weighted by molar-refractivity contribution is 7.89. The van der Waals surface area contributed by atoms with Crippen LogP contribution in [0.1, 0.15) is 10.5 Å². The van der Waals surface area contributed by atoms with Gasteiger partial charge in [-0.15, -0.1) is 4.83 Å². The number of carbonyl (C=O) groups excluding carboxylic acids is 1. The molecule has 0 saturated carbocycles. The molecule has 0 saturated heterocycles. The Balaban J connectivity index is 1.74. The van der Waals surface area contributed by atoms with Crippen molar-refractivity contribution in [1.29, 1.82) is 0 Å². The van der Waals surface area contributed by atoms with Gasteiger partial charge in [0.15, 0.2) is 0 Å². The molecule has 0 bridgehead atoms. The maximum absolute atomic E-state index is 13.1. The molecule has 0 aliphatic carbocycles. The Morgan fingerprint density at radius 3 is 2.41 bits per heavy atom. The zero-order valence-corrected chi connectivity index (χ0v) is 14.9. The smallest absolute Gasteiger partial charge is 0.284 e. The van der Waals surface area contributed by atoms with Crippen molar-refractivity contribution >= 4 is 15.9 Å². The van der Waals surface area contributed by atoms with Gasteiger partial charge in [-0.3, -0.25) is 14.8 Å². The molecule has 0 aliphatic rings. The summed E-state index contributed by atoms with van der Waals surface area (Å²) >= 11 is 0. The fourth-order valence-electron chi connectivity index (χ4n) is 2.26. The molecule has 140 valence electrons. The first-order chi connectivity index (χ1) is 12.9. The molecule has 0 spiro atoms. The van der Waals surface area contributed by atoms with Gasteiger partial charge in [-0.2, -0.15) is 0 Å². The number of nitrogens with zero attached hydrogens (tertiary/aromatic N) is 2. The van der Waals surface area contributed by atoms with Crippen LogP contribution >= 0.6 is 0 Å². The summed E-state index contributed by atoms with van der Waals surface area (Å²) < 4.78 is 44.0. The van der Waals surface area contributed by atoms with Gasteiger partial charge in [-0.05, 0) is 48.5 Å². The van der Waals surface area contributed by atoms with E-state index in [-0.39, 0.29) is 10.6 Å². The lowest BCUT2D eigenvalue weighted by atomic mass is 10.3. The SMILES string of the molecule is COc1ccc(S(=O)(=O)NNC(=O)c2cncn2-c2ccc(F)cc2)cc1. The van der Waals surface area contributed by atoms with E-state index in [1.165, 1.54) is 72.7 Å². The molecule has 0 radical (unpaired) electrons. The summed E-state index contributed by atoms with van der Waals surface area (Å²) in [5.74, 6) is -0.646. The van der Waals surface area contributed by atoms with Gasteiger partial charge in [-0.1, -0.05) is 0 Å². The summed E-state index contributed by atoms with van der Waals surface area (Å²) in [7, 11) is -2.51. The van der Waals surface area contributed by atoms with E-state index >= 15 is 0 Å². The second kappa shape index (κ2) is 7.56. The molecule has 0 fully saturated rings. The van der Waals surface area contributed by atoms with Gasteiger partial charge in [-0.25, -0.2) is 17.8 Å². The first-order valence-corrected chi connectivity index (χ1v) is 9.13. The molecule has 10 heteroatoms. The topological polar surface area (TPSA) is 102 Å². The number of hydrogen-bond acceptors (Lipinski definition) is 5. The Kier molecular flexibility index (Phi) is 5.19. The average molecular weight is 390 g/mol. The first-order valence-electron chi connectivity index (χ1n) is 7.65. The van der Waals surface area contributed by atoms with Crippen LogP contribution in [-0.4, -0.2) is 31.0 Å². The summed E-state index contributed by atoms with van der Waals surface area (Å²) in [5.41, 5.74) is 2.70. The molecule has 3 aromatic rings. The quantitative estimate of drug-likeness (QED) is 0.623. The van der Waals surface area contributed by atoms with Crippen molar-refractivity contribution in [3.05, 3.63) is 72.6 Å². The predicted octanol–water partition coefficient (Wildman–Crippen LogP) is 1.64. The maximum atomic E-state index is 13.1. The number of ether oxygens (including phenoxy) is 1. The summed E-state index contributed by atoms with van der Waals surface area (Å²) in [6.45, 7) is 0. The Hall–Kier alpha value is -3.24. The van der Waals surface area contributed by atoms with Crippen LogP contribution < -0.4 is 15.0 Å². The molecule has 0 aliphatic heterocycles. The summed E-state index contributed by atoms with van der Waals surface area (Å²) in [6, 6.07) is 11.1. The van der Waals surface area contributed by atoms with Gasteiger partial charge in [0.05, 0.1) is 24.5 Å². The number of hydrogen-bond donors (Lipinski definition) is 2. The monoisotopic (exact) mass is 390 g/mol. The molecule has 0 atom stereocenters. The van der Waals surface area contributed by atoms with E-state index in [9.17, 15) is 17.6 Å². The number of nitrogens with one attached hydrogen (secondary N) is 2. The third kappa shape index (κ3) is 4.13. The fraction of sp³-hybridized carbons (Fsp3) is 0.0588. The van der Waals surface area contributed by atoms with Crippen molar-refractivity contribution in [2.45, 2.75) is 4.90 Å². The van der Waals surface area contributed by atoms with E-state index in [1.807, 2.05) is 4.83 Å². The van der Waals surface area contributed by atoms with Crippen LogP contribution in [0.4, 0.5) is 4.39 Å². The van der Waals surface area contributed by atoms with Crippen LogP contribution in [0.25, 0.3) is 5.69 Å². The lowest BCUT2D eigenvalue weighted by Gasteiger charge is -2.11. The number of carbonyl (C=O) groups is 1. The zero-order chi connectivity index (χ0) is 19.4. The minimum absolute atomic E-state index is 0.0457. The molecule has 8 nitrogen and oxygen atoms in total. The van der Waals surface area contributed by atoms with Crippen molar-refractivity contribution in [2.75, 3.05) is 7.11 Å². The van der Waals surface area contributed by atoms with Crippen LogP contribution in [0, 0.1) is 5.82 Å². The lowest BCUT2D eigenvalue weighted by molar-refractivity contribution is 0.0938. The number of aromatic nitrogens is 2. The Bertz CT molecular complexity index is 1050. The summed E-state index contributed by atoms with van der Waals surface area (Å²) in [5, 5.41) is 0. The minimum atomic E-state index is -3.97. The number of amides is 1. The second-order valence-corrected chi connectivity index (χ2v) is 7.04. The molecule has 1 heterocycles. The highest BCUT2D eigenvalue weighted by Crippen LogP contribution is 2.15. The number of halogens is 1. The van der Waals surface area contributed by atoms with E-state index in [1.54, 1.807) is 0 Å². The van der Waals surface area contributed by atoms with Gasteiger partial charge >= 0.3 is 0 Å². The molecule has 2 N–H and O–H groups in total. The molecule has 1 aromatic heterocycles. The highest BCUT2D eigenvalue weighted by Gasteiger charge is 2.18. The molecule has 0 unspecified atom stereocenters. The van der Waals surface area contributed by atoms with Crippen LogP contribution in [0.15, 0.2) is 66.0 Å². The zero-order valence-electron chi connectivity index (χ0n) is 14.1. The fourth-order valence-corrected chi connectivity index (χ4v) is 3.10. The third-order valence-corrected chi connectivity index (χ3v) is 4.91. The van der Waals surface area contributed by atoms with Crippen molar-refractivity contribution in [1.82, 2.24) is 19.8 Å². The number of hydrazine groups is 1. The van der Waals surface area contributed by atoms with Gasteiger partial charge < -0.3 is 4.74 Å². The van der Waals surface area contributed by atoms with E-state index < -0.39 is 21.7 Å². The van der Waals surface area contributed by atoms with Gasteiger partial charge in [0.2, 0.25) is 0 Å². The number of sulfonamides is 1. The Labute approximate surface area is 154 Å². The molecular weight excluding hydrogens is 375 g/mol. The normalized spacial score (nSPS) is 11.2. The van der Waals surface area contributed by atoms with E-state index in [4.69, 9.17) is 4.74 Å². The number of benzene rings is 2. The van der Waals surface area contributed by atoms with Gasteiger partial charge in [0, 0.05) is 5.69 Å². The number of rotatable bonds is 6. The average Bonchev–Trinajstić information content (AvgIpc) is 3.17. The van der Waals surface area contributed by atoms with E-state index in [0.29, 0.717) is 11.4 Å². The van der Waals surface area contributed by atoms with Gasteiger partial charge in [0.25, 0.3) is 15.9 Å². The minimum Gasteiger partial charge on any atom is -0.497 e. The van der Waals surface area contributed by atoms with Crippen molar-refractivity contribution in [3.8, 4) is 11.4 Å². The van der Waals surface area contributed by atoms with Gasteiger partial charge in [0.1, 0.15) is 17.3 Å². The molecule has 3 rings (SSSR count). The molecule has 2 aromatic carbocycles. The van der Waals surface area contributed by atoms with Crippen LogP contribution in [0.5, 0.6) is 5.75 Å². The van der Waals surface area contributed by atoms with E-state index in [2.05, 4.69) is 10.4 Å². The Morgan fingerprint density at radius 1 is 1.11 bits per heavy atom. The van der Waals surface area contributed by atoms with Crippen LogP contribution in [-0.2, 0) is 10.0 Å². The number of methoxy groups -OCH3 is 1. The molecular formula is C17H15FN4O4S. The Morgan fingerprint density at radius 2 is 1.78 bits per heavy atom. The molecule has 27 heavy (non-hydrogen) atoms. The standard InChI is InChI=1S/C17H15FN4O4S/c1-26-14-6-8-15(9-7-14)27(24,25)21-20-17(23)16-10-19-11-22(16)13-4-2-12(18)3-5-13/h2-11,21H,1H3,(H,20,23). The summed E-state index contributed by atoms with van der Waals surface area (Å²) in [6.07, 6.45) is 2.63. The second-order valence-electron chi connectivity index (χ2n) is 5.36. The van der Waals surface area contributed by atoms with Crippen molar-refractivity contribution < 1.29 is 22.3 Å². The van der Waals surface area contributed by atoms with E-state index in [0.717, 1.165) is 0 Å². The molecule has 1 amide bonds.